The molecule has 89 heavy (non-hydrogen) atoms. The molecule has 3 aliphatic heterocycles. The normalized spacial score (nSPS) is 17.3. The van der Waals surface area contributed by atoms with E-state index in [9.17, 15) is 0 Å². The number of aromatic amines is 5. The summed E-state index contributed by atoms with van der Waals surface area (Å²) in [5.74, 6) is 1.06. The summed E-state index contributed by atoms with van der Waals surface area (Å²) in [4.78, 5) is 50.2. The van der Waals surface area contributed by atoms with Crippen molar-refractivity contribution in [3.05, 3.63) is 230 Å². The van der Waals surface area contributed by atoms with E-state index in [1.165, 1.54) is 0 Å². The lowest BCUT2D eigenvalue weighted by atomic mass is 9.72. The molecule has 3 unspecified atom stereocenters. The van der Waals surface area contributed by atoms with E-state index in [4.69, 9.17) is 49.6 Å². The number of nitrogens with one attached hydrogen (secondary N) is 5. The van der Waals surface area contributed by atoms with E-state index in [-0.39, 0.29) is 0 Å². The molecule has 12 heterocycles. The summed E-state index contributed by atoms with van der Waals surface area (Å²) >= 11 is 1.60. The predicted molar refractivity (Wildman–Crippen MR) is 356 cm³/mol. The molecular formula is C72H43N15OS. The third-order valence-corrected chi connectivity index (χ3v) is 19.5. The Balaban J connectivity index is 1.11. The first-order chi connectivity index (χ1) is 44.1. The van der Waals surface area contributed by atoms with Crippen LogP contribution in [0, 0.1) is 0 Å². The van der Waals surface area contributed by atoms with Crippen molar-refractivity contribution in [2.24, 2.45) is 15.0 Å². The fraction of sp³-hybridized carbons (Fsp3) is 0.0417. The third kappa shape index (κ3) is 6.64. The molecule has 0 amide bonds. The first kappa shape index (κ1) is 48.4. The van der Waals surface area contributed by atoms with Crippen LogP contribution in [0.25, 0.3) is 143 Å². The van der Waals surface area contributed by atoms with Crippen molar-refractivity contribution in [3.63, 3.8) is 0 Å². The Hall–Kier alpha value is -11.8. The molecule has 3 atom stereocenters. The minimum atomic E-state index is -1.41. The van der Waals surface area contributed by atoms with Gasteiger partial charge >= 0.3 is 0 Å². The predicted octanol–water partition coefficient (Wildman–Crippen LogP) is 16.4. The standard InChI is InChI=1S/C72H43N15OS/c1-6-23-46-37(15-1)35-51(85-83-46)58-56(44-21-12-29-53-55(44)43-19-5-10-28-52(43)88-53)59(67-80-50-27-13-33-74-66(50)81-67)60-61(70-82-68-71(89-70)77-36-76-68)72(54-30-14-32-73-54,65-42-18-4-9-26-49(42)84-86-65)87(69-63-41(31-34-75-69)39-17-3-8-25-48(39)79-63)64(60)57(58)45-22-11-20-40-38-16-2-7-24-47(38)78-62(40)45/h1-36,61,70,73,78-79H,(H,84,86)(H,74,80,81). The van der Waals surface area contributed by atoms with E-state index >= 15 is 0 Å². The summed E-state index contributed by atoms with van der Waals surface area (Å²) in [5.41, 5.74) is 15.6. The van der Waals surface area contributed by atoms with E-state index in [0.29, 0.717) is 34.4 Å². The number of benzene rings is 8. The molecule has 3 aliphatic rings. The highest BCUT2D eigenvalue weighted by Gasteiger charge is 2.64. The van der Waals surface area contributed by atoms with Crippen LogP contribution >= 0.6 is 11.8 Å². The smallest absolute Gasteiger partial charge is 0.183 e. The lowest BCUT2D eigenvalue weighted by molar-refractivity contribution is 0.420. The second-order valence-corrected chi connectivity index (χ2v) is 23.9. The number of hydrogen-bond acceptors (Lipinski definition) is 12. The Morgan fingerprint density at radius 2 is 1.30 bits per heavy atom. The van der Waals surface area contributed by atoms with Crippen LogP contribution in [-0.2, 0) is 5.54 Å². The molecule has 9 aromatic heterocycles. The zero-order valence-electron chi connectivity index (χ0n) is 46.7. The van der Waals surface area contributed by atoms with Gasteiger partial charge in [-0.25, -0.2) is 29.9 Å². The second kappa shape index (κ2) is 18.1. The van der Waals surface area contributed by atoms with E-state index in [0.717, 1.165) is 148 Å². The van der Waals surface area contributed by atoms with Crippen molar-refractivity contribution < 1.29 is 4.42 Å². The van der Waals surface area contributed by atoms with Crippen molar-refractivity contribution in [1.29, 1.82) is 0 Å². The zero-order valence-corrected chi connectivity index (χ0v) is 47.5. The Labute approximate surface area is 507 Å². The van der Waals surface area contributed by atoms with Gasteiger partial charge in [0.2, 0.25) is 0 Å². The first-order valence-electron chi connectivity index (χ1n) is 29.4. The Morgan fingerprint density at radius 3 is 2.16 bits per heavy atom. The number of rotatable bonds is 8. The van der Waals surface area contributed by atoms with Crippen LogP contribution < -0.4 is 4.90 Å². The SMILES string of the molecule is C1=NC2=NC(C3c4c(-c5nc6ncccc6[nH]5)c(-c5cccc6oc7ccccc7c56)c(-c5cc6ccccc6nn5)c(-c5cccc6c5[nH]c5ccccc56)c4N(c4nccc5c4[nH]c4ccccc45)C3(c3ccc[nH]3)c3n[nH]c4ccccc34)SC2=N1. The Morgan fingerprint density at radius 1 is 0.562 bits per heavy atom. The average Bonchev–Trinajstić information content (AvgIpc) is 1.56. The van der Waals surface area contributed by atoms with Crippen LogP contribution in [0.3, 0.4) is 0 Å². The number of nitrogens with zero attached hydrogens (tertiary/aromatic N) is 10. The topological polar surface area (TPSA) is 210 Å². The van der Waals surface area contributed by atoms with Crippen LogP contribution in [0.15, 0.2) is 232 Å². The highest BCUT2D eigenvalue weighted by molar-refractivity contribution is 8.16. The number of pyridine rings is 2. The lowest BCUT2D eigenvalue weighted by Crippen LogP contribution is -2.48. The maximum atomic E-state index is 6.92. The van der Waals surface area contributed by atoms with Crippen molar-refractivity contribution in [3.8, 4) is 44.9 Å². The van der Waals surface area contributed by atoms with Gasteiger partial charge in [0.05, 0.1) is 44.9 Å². The van der Waals surface area contributed by atoms with E-state index in [1.807, 2.05) is 54.9 Å². The number of thioether (sulfide) groups is 1. The minimum Gasteiger partial charge on any atom is -0.456 e. The highest BCUT2D eigenvalue weighted by Crippen LogP contribution is 2.70. The van der Waals surface area contributed by atoms with Gasteiger partial charge in [-0.05, 0) is 83.9 Å². The zero-order chi connectivity index (χ0) is 58.1. The van der Waals surface area contributed by atoms with Gasteiger partial charge < -0.3 is 29.3 Å². The summed E-state index contributed by atoms with van der Waals surface area (Å²) < 4.78 is 6.92. The molecule has 418 valence electrons. The largest absolute Gasteiger partial charge is 0.456 e. The Bertz CT molecular complexity index is 5950. The molecule has 20 rings (SSSR count). The fourth-order valence-corrected chi connectivity index (χ4v) is 16.0. The monoisotopic (exact) mass is 1170 g/mol. The molecule has 0 radical (unpaired) electrons. The molecule has 16 nitrogen and oxygen atoms in total. The molecule has 8 aromatic carbocycles. The number of aliphatic imine (C=N–C) groups is 3. The van der Waals surface area contributed by atoms with E-state index in [2.05, 4.69) is 182 Å². The number of amidine groups is 1. The first-order valence-corrected chi connectivity index (χ1v) is 30.3. The van der Waals surface area contributed by atoms with Crippen molar-refractivity contribution >= 4 is 139 Å². The summed E-state index contributed by atoms with van der Waals surface area (Å²) in [6.07, 6.45) is 7.33. The average molecular weight is 1170 g/mol. The number of furan rings is 1. The summed E-state index contributed by atoms with van der Waals surface area (Å²) in [6.45, 7) is 0. The molecule has 5 N–H and O–H groups in total. The highest BCUT2D eigenvalue weighted by atomic mass is 32.2. The molecule has 0 saturated carbocycles. The Kier molecular flexibility index (Phi) is 9.85. The van der Waals surface area contributed by atoms with Gasteiger partial charge in [-0.1, -0.05) is 133 Å². The second-order valence-electron chi connectivity index (χ2n) is 22.8. The van der Waals surface area contributed by atoms with Crippen LogP contribution in [0.4, 0.5) is 11.5 Å². The molecule has 0 spiro atoms. The van der Waals surface area contributed by atoms with Crippen LogP contribution in [-0.4, -0.2) is 77.9 Å². The maximum absolute atomic E-state index is 6.92. The molecule has 17 aromatic rings. The van der Waals surface area contributed by atoms with E-state index in [1.54, 1.807) is 24.3 Å². The van der Waals surface area contributed by atoms with Crippen molar-refractivity contribution in [2.45, 2.75) is 16.8 Å². The van der Waals surface area contributed by atoms with Gasteiger partial charge in [0.25, 0.3) is 0 Å². The number of imidazole rings is 1. The quantitative estimate of drug-likeness (QED) is 0.0978. The summed E-state index contributed by atoms with van der Waals surface area (Å²) in [7, 11) is 0. The molecular weight excluding hydrogens is 1120 g/mol. The molecule has 17 heteroatoms. The molecule has 0 bridgehead atoms. The number of para-hydroxylation sites is 5. The molecule has 0 fully saturated rings. The number of hydrogen-bond donors (Lipinski definition) is 5. The van der Waals surface area contributed by atoms with Crippen LogP contribution in [0.1, 0.15) is 22.9 Å². The van der Waals surface area contributed by atoms with Gasteiger partial charge in [0.1, 0.15) is 45.0 Å². The number of aromatic nitrogens is 11. The molecule has 0 saturated heterocycles. The van der Waals surface area contributed by atoms with Gasteiger partial charge in [-0.3, -0.25) is 5.10 Å². The number of anilines is 2. The van der Waals surface area contributed by atoms with Gasteiger partial charge in [-0.2, -0.15) is 5.10 Å². The van der Waals surface area contributed by atoms with Gasteiger partial charge in [0, 0.05) is 106 Å². The van der Waals surface area contributed by atoms with Crippen molar-refractivity contribution in [1.82, 2.24) is 55.3 Å². The summed E-state index contributed by atoms with van der Waals surface area (Å²) in [5, 5.41) is 27.8. The minimum absolute atomic E-state index is 0.548. The van der Waals surface area contributed by atoms with Crippen LogP contribution in [0.2, 0.25) is 0 Å². The van der Waals surface area contributed by atoms with Crippen LogP contribution in [0.5, 0.6) is 0 Å². The third-order valence-electron chi connectivity index (χ3n) is 18.3. The van der Waals surface area contributed by atoms with Gasteiger partial charge in [0.15, 0.2) is 17.3 Å². The fourth-order valence-electron chi connectivity index (χ4n) is 14.8. The maximum Gasteiger partial charge on any atom is 0.183 e. The van der Waals surface area contributed by atoms with Crippen molar-refractivity contribution in [2.75, 3.05) is 4.90 Å². The number of fused-ring (bicyclic) bond motifs is 14. The summed E-state index contributed by atoms with van der Waals surface area (Å²) in [6, 6.07) is 67.3. The van der Waals surface area contributed by atoms with E-state index < -0.39 is 16.8 Å². The molecule has 0 aliphatic carbocycles. The van der Waals surface area contributed by atoms with Gasteiger partial charge in [-0.15, -0.1) is 10.2 Å². The number of H-pyrrole nitrogens is 5. The lowest BCUT2D eigenvalue weighted by Gasteiger charge is -2.43.